The molecule has 0 unspecified atom stereocenters. The standard InChI is InChI=1S/C20H20FN3O3S/c1-2-13-27-17-6-4-3-5-16(17)19(26)23-24-20(28)22-18(25)12-9-14-7-10-15(21)11-8-14/h3-12H,2,13H2,1H3,(H,23,26)(H2,22,24,25,28)/b12-9+. The summed E-state index contributed by atoms with van der Waals surface area (Å²) in [5, 5.41) is 2.32. The summed E-state index contributed by atoms with van der Waals surface area (Å²) in [5.74, 6) is -0.849. The van der Waals surface area contributed by atoms with Gasteiger partial charge in [0.1, 0.15) is 11.6 Å². The van der Waals surface area contributed by atoms with Gasteiger partial charge in [0.05, 0.1) is 12.2 Å². The number of hydrazine groups is 1. The third-order valence-electron chi connectivity index (χ3n) is 3.42. The van der Waals surface area contributed by atoms with E-state index < -0.39 is 11.8 Å². The molecule has 146 valence electrons. The number of benzene rings is 2. The summed E-state index contributed by atoms with van der Waals surface area (Å²) < 4.78 is 18.4. The summed E-state index contributed by atoms with van der Waals surface area (Å²) in [6.45, 7) is 2.46. The number of amides is 2. The van der Waals surface area contributed by atoms with Crippen LogP contribution in [0.2, 0.25) is 0 Å². The Morgan fingerprint density at radius 3 is 2.54 bits per heavy atom. The van der Waals surface area contributed by atoms with Gasteiger partial charge in [-0.2, -0.15) is 0 Å². The molecule has 0 saturated carbocycles. The lowest BCUT2D eigenvalue weighted by Gasteiger charge is -2.12. The average Bonchev–Trinajstić information content (AvgIpc) is 2.70. The summed E-state index contributed by atoms with van der Waals surface area (Å²) in [5.41, 5.74) is 5.87. The number of hydrogen-bond donors (Lipinski definition) is 3. The van der Waals surface area contributed by atoms with Crippen molar-refractivity contribution >= 4 is 35.2 Å². The van der Waals surface area contributed by atoms with Gasteiger partial charge in [-0.1, -0.05) is 31.2 Å². The number of carbonyl (C=O) groups excluding carboxylic acids is 2. The second-order valence-corrected chi connectivity index (χ2v) is 6.04. The number of halogens is 1. The molecule has 0 aliphatic heterocycles. The molecule has 0 spiro atoms. The Hall–Kier alpha value is -3.26. The van der Waals surface area contributed by atoms with E-state index in [0.29, 0.717) is 23.5 Å². The van der Waals surface area contributed by atoms with E-state index in [0.717, 1.165) is 6.42 Å². The molecule has 0 fully saturated rings. The van der Waals surface area contributed by atoms with Gasteiger partial charge in [-0.05, 0) is 54.5 Å². The molecule has 2 amide bonds. The summed E-state index contributed by atoms with van der Waals surface area (Å²) in [4.78, 5) is 24.1. The SMILES string of the molecule is CCCOc1ccccc1C(=O)NNC(=S)NC(=O)/C=C/c1ccc(F)cc1. The highest BCUT2D eigenvalue weighted by atomic mass is 32.1. The zero-order valence-corrected chi connectivity index (χ0v) is 16.0. The van der Waals surface area contributed by atoms with Crippen LogP contribution in [0.25, 0.3) is 6.08 Å². The Balaban J connectivity index is 1.84. The molecular weight excluding hydrogens is 381 g/mol. The molecule has 0 bridgehead atoms. The van der Waals surface area contributed by atoms with Crippen LogP contribution in [-0.4, -0.2) is 23.5 Å². The molecular formula is C20H20FN3O3S. The fourth-order valence-electron chi connectivity index (χ4n) is 2.10. The van der Waals surface area contributed by atoms with Crippen molar-refractivity contribution in [3.05, 3.63) is 71.6 Å². The lowest BCUT2D eigenvalue weighted by atomic mass is 10.2. The first kappa shape index (κ1) is 21.0. The fourth-order valence-corrected chi connectivity index (χ4v) is 2.26. The van der Waals surface area contributed by atoms with Gasteiger partial charge in [-0.15, -0.1) is 0 Å². The van der Waals surface area contributed by atoms with Crippen molar-refractivity contribution in [1.29, 1.82) is 0 Å². The van der Waals surface area contributed by atoms with Gasteiger partial charge in [0.2, 0.25) is 5.91 Å². The van der Waals surface area contributed by atoms with Crippen molar-refractivity contribution < 1.29 is 18.7 Å². The summed E-state index contributed by atoms with van der Waals surface area (Å²) >= 11 is 4.98. The molecule has 0 heterocycles. The summed E-state index contributed by atoms with van der Waals surface area (Å²) in [7, 11) is 0. The Morgan fingerprint density at radius 2 is 1.82 bits per heavy atom. The van der Waals surface area contributed by atoms with E-state index in [1.54, 1.807) is 24.3 Å². The zero-order chi connectivity index (χ0) is 20.4. The third kappa shape index (κ3) is 6.81. The Kier molecular flexibility index (Phi) is 8.11. The van der Waals surface area contributed by atoms with Crippen molar-refractivity contribution in [1.82, 2.24) is 16.2 Å². The molecule has 3 N–H and O–H groups in total. The molecule has 0 aliphatic rings. The molecule has 2 rings (SSSR count). The smallest absolute Gasteiger partial charge is 0.273 e. The van der Waals surface area contributed by atoms with E-state index in [1.165, 1.54) is 36.4 Å². The van der Waals surface area contributed by atoms with Gasteiger partial charge < -0.3 is 4.74 Å². The molecule has 8 heteroatoms. The lowest BCUT2D eigenvalue weighted by molar-refractivity contribution is -0.115. The zero-order valence-electron chi connectivity index (χ0n) is 15.2. The highest BCUT2D eigenvalue weighted by Crippen LogP contribution is 2.17. The topological polar surface area (TPSA) is 79.5 Å². The number of nitrogens with one attached hydrogen (secondary N) is 3. The van der Waals surface area contributed by atoms with Crippen LogP contribution < -0.4 is 20.9 Å². The van der Waals surface area contributed by atoms with E-state index in [9.17, 15) is 14.0 Å². The van der Waals surface area contributed by atoms with E-state index in [1.807, 2.05) is 6.92 Å². The number of para-hydroxylation sites is 1. The monoisotopic (exact) mass is 401 g/mol. The quantitative estimate of drug-likeness (QED) is 0.394. The van der Waals surface area contributed by atoms with Gasteiger partial charge in [0.25, 0.3) is 5.91 Å². The summed E-state index contributed by atoms with van der Waals surface area (Å²) in [6.07, 6.45) is 3.57. The molecule has 0 radical (unpaired) electrons. The maximum absolute atomic E-state index is 12.8. The number of carbonyl (C=O) groups is 2. The van der Waals surface area contributed by atoms with E-state index in [4.69, 9.17) is 17.0 Å². The van der Waals surface area contributed by atoms with Crippen LogP contribution in [-0.2, 0) is 4.79 Å². The van der Waals surface area contributed by atoms with E-state index >= 15 is 0 Å². The van der Waals surface area contributed by atoms with E-state index in [2.05, 4.69) is 16.2 Å². The first-order valence-corrected chi connectivity index (χ1v) is 8.97. The van der Waals surface area contributed by atoms with Crippen molar-refractivity contribution in [2.45, 2.75) is 13.3 Å². The second kappa shape index (κ2) is 10.8. The van der Waals surface area contributed by atoms with Gasteiger partial charge in [0.15, 0.2) is 5.11 Å². The van der Waals surface area contributed by atoms with Gasteiger partial charge in [-0.25, -0.2) is 4.39 Å². The number of rotatable bonds is 6. The first-order chi connectivity index (χ1) is 13.5. The largest absolute Gasteiger partial charge is 0.493 e. The average molecular weight is 401 g/mol. The molecule has 0 atom stereocenters. The molecule has 0 aromatic heterocycles. The van der Waals surface area contributed by atoms with Crippen LogP contribution in [0.15, 0.2) is 54.6 Å². The van der Waals surface area contributed by atoms with Crippen molar-refractivity contribution in [2.24, 2.45) is 0 Å². The predicted molar refractivity (Wildman–Crippen MR) is 109 cm³/mol. The Morgan fingerprint density at radius 1 is 1.11 bits per heavy atom. The minimum atomic E-state index is -0.497. The molecule has 0 aliphatic carbocycles. The Bertz CT molecular complexity index is 869. The minimum absolute atomic E-state index is 0.0749. The van der Waals surface area contributed by atoms with Crippen LogP contribution in [0.5, 0.6) is 5.75 Å². The third-order valence-corrected chi connectivity index (χ3v) is 3.62. The van der Waals surface area contributed by atoms with Crippen LogP contribution in [0.3, 0.4) is 0 Å². The van der Waals surface area contributed by atoms with Crippen LogP contribution in [0.4, 0.5) is 4.39 Å². The molecule has 0 saturated heterocycles. The normalized spacial score (nSPS) is 10.4. The minimum Gasteiger partial charge on any atom is -0.493 e. The molecule has 28 heavy (non-hydrogen) atoms. The number of thiocarbonyl (C=S) groups is 1. The van der Waals surface area contributed by atoms with Crippen LogP contribution >= 0.6 is 12.2 Å². The van der Waals surface area contributed by atoms with Gasteiger partial charge in [-0.3, -0.25) is 25.8 Å². The fraction of sp³-hybridized carbons (Fsp3) is 0.150. The maximum Gasteiger partial charge on any atom is 0.273 e. The van der Waals surface area contributed by atoms with E-state index in [-0.39, 0.29) is 10.9 Å². The van der Waals surface area contributed by atoms with Crippen molar-refractivity contribution in [3.8, 4) is 5.75 Å². The van der Waals surface area contributed by atoms with Crippen molar-refractivity contribution in [3.63, 3.8) is 0 Å². The predicted octanol–water partition coefficient (Wildman–Crippen LogP) is 2.96. The highest BCUT2D eigenvalue weighted by Gasteiger charge is 2.12. The lowest BCUT2D eigenvalue weighted by Crippen LogP contribution is -2.48. The van der Waals surface area contributed by atoms with Crippen LogP contribution in [0.1, 0.15) is 29.3 Å². The molecule has 2 aromatic carbocycles. The first-order valence-electron chi connectivity index (χ1n) is 8.56. The maximum atomic E-state index is 12.8. The molecule has 2 aromatic rings. The highest BCUT2D eigenvalue weighted by molar-refractivity contribution is 7.80. The number of ether oxygens (including phenoxy) is 1. The van der Waals surface area contributed by atoms with Gasteiger partial charge >= 0.3 is 0 Å². The van der Waals surface area contributed by atoms with Gasteiger partial charge in [0, 0.05) is 6.08 Å². The van der Waals surface area contributed by atoms with Crippen LogP contribution in [0, 0.1) is 5.82 Å². The second-order valence-electron chi connectivity index (χ2n) is 5.63. The Labute approximate surface area is 167 Å². The van der Waals surface area contributed by atoms with Crippen molar-refractivity contribution in [2.75, 3.05) is 6.61 Å². The molecule has 6 nitrogen and oxygen atoms in total. The summed E-state index contributed by atoms with van der Waals surface area (Å²) in [6, 6.07) is 12.5. The number of hydrogen-bond acceptors (Lipinski definition) is 4.